The predicted molar refractivity (Wildman–Crippen MR) is 77.2 cm³/mol. The number of nitrogens with one attached hydrogen (secondary N) is 1. The number of benzene rings is 1. The number of nitrogens with zero attached hydrogens (tertiary/aromatic N) is 1. The molecular weight excluding hydrogens is 365 g/mol. The first kappa shape index (κ1) is 16.3. The molecule has 1 amide bonds. The lowest BCUT2D eigenvalue weighted by Crippen LogP contribution is -2.18. The summed E-state index contributed by atoms with van der Waals surface area (Å²) in [6, 6.07) is 9.60. The van der Waals surface area contributed by atoms with Crippen LogP contribution >= 0.6 is 15.9 Å². The van der Waals surface area contributed by atoms with E-state index in [0.717, 1.165) is 17.8 Å². The monoisotopic (exact) mass is 374 g/mol. The summed E-state index contributed by atoms with van der Waals surface area (Å²) in [5.41, 5.74) is -0.337. The van der Waals surface area contributed by atoms with Gasteiger partial charge in [0.05, 0.1) is 5.56 Å². The molecule has 0 bridgehead atoms. The number of hydrogen-bond donors (Lipinski definition) is 1. The lowest BCUT2D eigenvalue weighted by atomic mass is 10.2. The van der Waals surface area contributed by atoms with Gasteiger partial charge in [-0.2, -0.15) is 13.2 Å². The largest absolute Gasteiger partial charge is 0.444 e. The number of ether oxygens (including phenoxy) is 1. The van der Waals surface area contributed by atoms with Crippen LogP contribution in [0.4, 0.5) is 23.8 Å². The fourth-order valence-corrected chi connectivity index (χ4v) is 1.94. The zero-order valence-electron chi connectivity index (χ0n) is 11.0. The first-order valence-corrected chi connectivity index (χ1v) is 6.86. The highest BCUT2D eigenvalue weighted by Gasteiger charge is 2.35. The molecule has 4 nitrogen and oxygen atoms in total. The lowest BCUT2D eigenvalue weighted by Gasteiger charge is -2.13. The van der Waals surface area contributed by atoms with Crippen LogP contribution in [-0.4, -0.2) is 11.1 Å². The van der Waals surface area contributed by atoms with Gasteiger partial charge >= 0.3 is 12.3 Å². The highest BCUT2D eigenvalue weighted by atomic mass is 79.9. The number of amides is 1. The standard InChI is InChI=1S/C14H10BrF3N2O2/c15-10-6-11(14(16,17)18)12(19-7-10)20-13(21)22-8-9-4-2-1-3-5-9/h1-7H,8H2,(H,19,20,21). The van der Waals surface area contributed by atoms with Crippen molar-refractivity contribution in [1.29, 1.82) is 0 Å². The number of carbonyl (C=O) groups is 1. The second-order valence-corrected chi connectivity index (χ2v) is 5.15. The summed E-state index contributed by atoms with van der Waals surface area (Å²) in [5.74, 6) is -0.603. The quantitative estimate of drug-likeness (QED) is 0.853. The molecule has 1 aromatic carbocycles. The van der Waals surface area contributed by atoms with Crippen molar-refractivity contribution in [3.8, 4) is 0 Å². The van der Waals surface area contributed by atoms with E-state index in [9.17, 15) is 18.0 Å². The lowest BCUT2D eigenvalue weighted by molar-refractivity contribution is -0.137. The fraction of sp³-hybridized carbons (Fsp3) is 0.143. The summed E-state index contributed by atoms with van der Waals surface area (Å²) in [5, 5.41) is 2.00. The Morgan fingerprint density at radius 3 is 2.59 bits per heavy atom. The Balaban J connectivity index is 2.06. The smallest absolute Gasteiger partial charge is 0.420 e. The third kappa shape index (κ3) is 4.45. The highest BCUT2D eigenvalue weighted by molar-refractivity contribution is 9.10. The van der Waals surface area contributed by atoms with Crippen LogP contribution < -0.4 is 5.32 Å². The van der Waals surface area contributed by atoms with Crippen LogP contribution in [0.15, 0.2) is 47.1 Å². The maximum atomic E-state index is 12.9. The minimum absolute atomic E-state index is 0.0510. The SMILES string of the molecule is O=C(Nc1ncc(Br)cc1C(F)(F)F)OCc1ccccc1. The normalized spacial score (nSPS) is 11.1. The molecule has 0 atom stereocenters. The van der Waals surface area contributed by atoms with Gasteiger partial charge in [-0.05, 0) is 27.6 Å². The number of alkyl halides is 3. The zero-order chi connectivity index (χ0) is 16.2. The second-order valence-electron chi connectivity index (χ2n) is 4.23. The minimum Gasteiger partial charge on any atom is -0.444 e. The average Bonchev–Trinajstić information content (AvgIpc) is 2.47. The molecule has 0 saturated carbocycles. The third-order valence-electron chi connectivity index (χ3n) is 2.59. The van der Waals surface area contributed by atoms with Gasteiger partial charge in [-0.3, -0.25) is 5.32 Å². The van der Waals surface area contributed by atoms with Gasteiger partial charge in [0.1, 0.15) is 12.4 Å². The molecule has 2 aromatic rings. The van der Waals surface area contributed by atoms with E-state index in [1.165, 1.54) is 0 Å². The molecule has 0 fully saturated rings. The Labute approximate surface area is 132 Å². The average molecular weight is 375 g/mol. The molecule has 1 aromatic heterocycles. The maximum absolute atomic E-state index is 12.9. The van der Waals surface area contributed by atoms with E-state index in [-0.39, 0.29) is 11.1 Å². The molecule has 0 saturated heterocycles. The van der Waals surface area contributed by atoms with Gasteiger partial charge in [-0.15, -0.1) is 0 Å². The number of aromatic nitrogens is 1. The zero-order valence-corrected chi connectivity index (χ0v) is 12.6. The number of anilines is 1. The molecule has 1 N–H and O–H groups in total. The highest BCUT2D eigenvalue weighted by Crippen LogP contribution is 2.35. The van der Waals surface area contributed by atoms with Gasteiger partial charge in [0.25, 0.3) is 0 Å². The van der Waals surface area contributed by atoms with Crippen molar-refractivity contribution in [3.05, 3.63) is 58.2 Å². The maximum Gasteiger partial charge on any atom is 0.420 e. The number of carbonyl (C=O) groups excluding carboxylic acids is 1. The van der Waals surface area contributed by atoms with E-state index in [1.54, 1.807) is 30.3 Å². The Kier molecular flexibility index (Phi) is 5.02. The third-order valence-corrected chi connectivity index (χ3v) is 3.03. The molecule has 1 heterocycles. The first-order chi connectivity index (χ1) is 10.4. The van der Waals surface area contributed by atoms with Gasteiger partial charge in [-0.25, -0.2) is 9.78 Å². The van der Waals surface area contributed by atoms with Crippen LogP contribution in [0.3, 0.4) is 0 Å². The first-order valence-electron chi connectivity index (χ1n) is 6.06. The summed E-state index contributed by atoms with van der Waals surface area (Å²) >= 11 is 2.91. The topological polar surface area (TPSA) is 51.2 Å². The van der Waals surface area contributed by atoms with Crippen LogP contribution in [0, 0.1) is 0 Å². The van der Waals surface area contributed by atoms with Gasteiger partial charge in [0, 0.05) is 10.7 Å². The number of pyridine rings is 1. The summed E-state index contributed by atoms with van der Waals surface area (Å²) in [7, 11) is 0. The number of rotatable bonds is 3. The molecule has 116 valence electrons. The molecule has 0 unspecified atom stereocenters. The van der Waals surface area contributed by atoms with Crippen molar-refractivity contribution in [1.82, 2.24) is 4.98 Å². The Hall–Kier alpha value is -2.09. The van der Waals surface area contributed by atoms with Crippen LogP contribution in [0.1, 0.15) is 11.1 Å². The van der Waals surface area contributed by atoms with Gasteiger partial charge in [-0.1, -0.05) is 30.3 Å². The Morgan fingerprint density at radius 2 is 1.95 bits per heavy atom. The van der Waals surface area contributed by atoms with E-state index in [1.807, 2.05) is 5.32 Å². The summed E-state index contributed by atoms with van der Waals surface area (Å²) < 4.78 is 43.6. The fourth-order valence-electron chi connectivity index (χ4n) is 1.61. The Morgan fingerprint density at radius 1 is 1.27 bits per heavy atom. The van der Waals surface area contributed by atoms with Crippen molar-refractivity contribution in [2.24, 2.45) is 0 Å². The van der Waals surface area contributed by atoms with Crippen molar-refractivity contribution >= 4 is 27.8 Å². The van der Waals surface area contributed by atoms with Crippen molar-refractivity contribution in [3.63, 3.8) is 0 Å². The number of hydrogen-bond acceptors (Lipinski definition) is 3. The Bertz CT molecular complexity index is 663. The van der Waals surface area contributed by atoms with E-state index in [0.29, 0.717) is 0 Å². The van der Waals surface area contributed by atoms with Gasteiger partial charge in [0.2, 0.25) is 0 Å². The predicted octanol–water partition coefficient (Wildman–Crippen LogP) is 4.61. The van der Waals surface area contributed by atoms with E-state index in [4.69, 9.17) is 4.74 Å². The molecule has 22 heavy (non-hydrogen) atoms. The summed E-state index contributed by atoms with van der Waals surface area (Å²) in [6.07, 6.45) is -4.50. The summed E-state index contributed by atoms with van der Waals surface area (Å²) in [4.78, 5) is 15.2. The van der Waals surface area contributed by atoms with E-state index < -0.39 is 23.7 Å². The number of halogens is 4. The van der Waals surface area contributed by atoms with Gasteiger partial charge in [0.15, 0.2) is 0 Å². The van der Waals surface area contributed by atoms with E-state index in [2.05, 4.69) is 20.9 Å². The second kappa shape index (κ2) is 6.78. The summed E-state index contributed by atoms with van der Waals surface area (Å²) in [6.45, 7) is -0.0510. The van der Waals surface area contributed by atoms with Crippen LogP contribution in [-0.2, 0) is 17.5 Å². The molecule has 0 aliphatic heterocycles. The molecule has 0 aliphatic carbocycles. The van der Waals surface area contributed by atoms with Crippen molar-refractivity contribution < 1.29 is 22.7 Å². The van der Waals surface area contributed by atoms with Crippen LogP contribution in [0.5, 0.6) is 0 Å². The minimum atomic E-state index is -4.64. The van der Waals surface area contributed by atoms with E-state index >= 15 is 0 Å². The van der Waals surface area contributed by atoms with Gasteiger partial charge < -0.3 is 4.74 Å². The molecular formula is C14H10BrF3N2O2. The molecule has 8 heteroatoms. The molecule has 0 aliphatic rings. The van der Waals surface area contributed by atoms with Crippen LogP contribution in [0.2, 0.25) is 0 Å². The molecule has 0 radical (unpaired) electrons. The molecule has 2 rings (SSSR count). The van der Waals surface area contributed by atoms with Crippen molar-refractivity contribution in [2.75, 3.05) is 5.32 Å². The van der Waals surface area contributed by atoms with Crippen molar-refractivity contribution in [2.45, 2.75) is 12.8 Å². The molecule has 0 spiro atoms. The van der Waals surface area contributed by atoms with Crippen LogP contribution in [0.25, 0.3) is 0 Å².